The van der Waals surface area contributed by atoms with Crippen LogP contribution in [0.3, 0.4) is 0 Å². The summed E-state index contributed by atoms with van der Waals surface area (Å²) in [6.07, 6.45) is 2.34. The van der Waals surface area contributed by atoms with Crippen LogP contribution in [0.1, 0.15) is 20.3 Å². The maximum atomic E-state index is 6.19. The van der Waals surface area contributed by atoms with Gasteiger partial charge in [-0.1, -0.05) is 0 Å². The minimum absolute atomic E-state index is 0. The van der Waals surface area contributed by atoms with Gasteiger partial charge in [0.05, 0.1) is 0 Å². The van der Waals surface area contributed by atoms with Gasteiger partial charge in [-0.3, -0.25) is 0 Å². The predicted octanol–water partition coefficient (Wildman–Crippen LogP) is -3.29. The van der Waals surface area contributed by atoms with E-state index in [1.807, 2.05) is 0 Å². The molecule has 0 spiro atoms. The van der Waals surface area contributed by atoms with Crippen molar-refractivity contribution in [2.45, 2.75) is 3.63 Å². The van der Waals surface area contributed by atoms with E-state index < -0.39 is 0 Å². The van der Waals surface area contributed by atoms with E-state index in [9.17, 15) is 0 Å². The number of fused-ring (bicyclic) bond motifs is 2. The number of hydrogen-bond acceptors (Lipinski definition) is 1. The number of rotatable bonds is 1. The second-order valence-electron chi connectivity index (χ2n) is 4.93. The molecule has 1 aliphatic carbocycles. The smallest absolute Gasteiger partial charge is 1.00 e. The molecule has 1 aromatic heterocycles. The van der Waals surface area contributed by atoms with E-state index in [1.165, 1.54) is 57.1 Å². The fraction of sp³-hybridized carbons (Fsp3) is 0.0588. The molecule has 0 aliphatic heterocycles. The molecule has 2 aromatic carbocycles. The summed E-state index contributed by atoms with van der Waals surface area (Å²) >= 11 is 9.38. The number of allylic oxidation sites excluding steroid dienone is 1. The minimum atomic E-state index is 0. The molecule has 0 N–H and O–H groups in total. The van der Waals surface area contributed by atoms with Gasteiger partial charge in [0.25, 0.3) is 0 Å². The zero-order chi connectivity index (χ0) is 13.7. The number of thiophene rings is 1. The van der Waals surface area contributed by atoms with Crippen molar-refractivity contribution in [2.75, 3.05) is 0 Å². The molecule has 23 heavy (non-hydrogen) atoms. The SMILES string of the molecule is Clc1cc2c(C3=Cc4ccccc4[CH]3[Zr+3])cccc2s1.[Br-].[Br-].[Br-]. The Labute approximate surface area is 191 Å². The first-order chi connectivity index (χ1) is 9.74. The van der Waals surface area contributed by atoms with Crippen LogP contribution in [0.4, 0.5) is 0 Å². The third-order valence-corrected chi connectivity index (χ3v) is 6.53. The van der Waals surface area contributed by atoms with Crippen LogP contribution in [0.15, 0.2) is 48.5 Å². The van der Waals surface area contributed by atoms with Crippen molar-refractivity contribution in [1.82, 2.24) is 0 Å². The van der Waals surface area contributed by atoms with Gasteiger partial charge in [0.1, 0.15) is 0 Å². The first-order valence-corrected chi connectivity index (χ1v) is 9.05. The first kappa shape index (κ1) is 21.8. The van der Waals surface area contributed by atoms with Crippen molar-refractivity contribution in [3.8, 4) is 0 Å². The standard InChI is InChI=1S/C17H10ClS.3BrH.Zr/c18-17-10-15-14(6-3-7-16(15)19-17)13-8-11-4-1-2-5-12(11)9-13;;;;/h1-10H;3*1H;/q;;;;+3/p-3. The number of hydrogen-bond donors (Lipinski definition) is 0. The van der Waals surface area contributed by atoms with Crippen LogP contribution in [-0.2, 0) is 24.7 Å². The van der Waals surface area contributed by atoms with E-state index in [-0.39, 0.29) is 50.9 Å². The maximum Gasteiger partial charge on any atom is -1.00 e. The molecule has 0 radical (unpaired) electrons. The molecule has 3 aromatic rings. The summed E-state index contributed by atoms with van der Waals surface area (Å²) in [7, 11) is 0. The molecule has 1 heterocycles. The van der Waals surface area contributed by atoms with Gasteiger partial charge < -0.3 is 50.9 Å². The van der Waals surface area contributed by atoms with Gasteiger partial charge >= 0.3 is 143 Å². The molecule has 0 bridgehead atoms. The summed E-state index contributed by atoms with van der Waals surface area (Å²) in [4.78, 5) is 0. The van der Waals surface area contributed by atoms with Crippen molar-refractivity contribution < 1.29 is 75.7 Å². The Bertz CT molecular complexity index is 860. The van der Waals surface area contributed by atoms with Crippen LogP contribution in [0.5, 0.6) is 0 Å². The molecule has 0 saturated carbocycles. The second kappa shape index (κ2) is 8.91. The molecule has 0 amide bonds. The van der Waals surface area contributed by atoms with E-state index in [1.54, 1.807) is 11.3 Å². The average molecular weight is 613 g/mol. The average Bonchev–Trinajstić information content (AvgIpc) is 2.99. The third-order valence-electron chi connectivity index (χ3n) is 3.77. The van der Waals surface area contributed by atoms with E-state index in [0.29, 0.717) is 3.63 Å². The zero-order valence-corrected chi connectivity index (χ0v) is 20.5. The van der Waals surface area contributed by atoms with E-state index in [4.69, 9.17) is 11.6 Å². The van der Waals surface area contributed by atoms with Crippen LogP contribution in [0.25, 0.3) is 21.7 Å². The Morgan fingerprint density at radius 2 is 1.70 bits per heavy atom. The Hall–Kier alpha value is 0.753. The van der Waals surface area contributed by atoms with Crippen molar-refractivity contribution in [3.63, 3.8) is 0 Å². The van der Waals surface area contributed by atoms with Crippen LogP contribution in [0.2, 0.25) is 4.34 Å². The molecular formula is C17H10Br3ClSZr. The summed E-state index contributed by atoms with van der Waals surface area (Å²) in [5, 5.41) is 1.29. The van der Waals surface area contributed by atoms with Crippen molar-refractivity contribution in [2.24, 2.45) is 0 Å². The minimum Gasteiger partial charge on any atom is -1.00 e. The van der Waals surface area contributed by atoms with E-state index >= 15 is 0 Å². The van der Waals surface area contributed by atoms with Crippen molar-refractivity contribution in [1.29, 1.82) is 0 Å². The molecule has 1 unspecified atom stereocenters. The monoisotopic (exact) mass is 608 g/mol. The van der Waals surface area contributed by atoms with Gasteiger partial charge in [0.2, 0.25) is 0 Å². The van der Waals surface area contributed by atoms with Gasteiger partial charge in [-0.2, -0.15) is 0 Å². The van der Waals surface area contributed by atoms with Crippen molar-refractivity contribution in [3.05, 3.63) is 69.6 Å². The van der Waals surface area contributed by atoms with Crippen molar-refractivity contribution >= 4 is 44.7 Å². The largest absolute Gasteiger partial charge is 1.00 e. The second-order valence-corrected chi connectivity index (χ2v) is 8.06. The van der Waals surface area contributed by atoms with Gasteiger partial charge in [0, 0.05) is 0 Å². The molecule has 0 saturated heterocycles. The predicted molar refractivity (Wildman–Crippen MR) is 83.9 cm³/mol. The summed E-state index contributed by atoms with van der Waals surface area (Å²) in [5.41, 5.74) is 5.59. The zero-order valence-electron chi connectivity index (χ0n) is 11.7. The number of benzene rings is 2. The van der Waals surface area contributed by atoms with Crippen LogP contribution in [0, 0.1) is 0 Å². The Morgan fingerprint density at radius 3 is 2.43 bits per heavy atom. The molecule has 1 atom stereocenters. The Kier molecular flexibility index (Phi) is 8.45. The quantitative estimate of drug-likeness (QED) is 0.271. The van der Waals surface area contributed by atoms with E-state index in [0.717, 1.165) is 4.34 Å². The molecule has 0 nitrogen and oxygen atoms in total. The van der Waals surface area contributed by atoms with E-state index in [2.05, 4.69) is 54.6 Å². The van der Waals surface area contributed by atoms with Gasteiger partial charge in [0.15, 0.2) is 0 Å². The number of halogens is 4. The third kappa shape index (κ3) is 3.96. The summed E-state index contributed by atoms with van der Waals surface area (Å²) in [6, 6.07) is 17.3. The van der Waals surface area contributed by atoms with Crippen LogP contribution < -0.4 is 50.9 Å². The van der Waals surface area contributed by atoms with Gasteiger partial charge in [-0.25, -0.2) is 0 Å². The molecule has 6 heteroatoms. The summed E-state index contributed by atoms with van der Waals surface area (Å²) in [6.45, 7) is 0. The Morgan fingerprint density at radius 1 is 0.957 bits per heavy atom. The fourth-order valence-electron chi connectivity index (χ4n) is 2.84. The summed E-state index contributed by atoms with van der Waals surface area (Å²) in [5.74, 6) is 0. The van der Waals surface area contributed by atoms with Gasteiger partial charge in [-0.05, 0) is 0 Å². The van der Waals surface area contributed by atoms with Crippen LogP contribution in [-0.4, -0.2) is 0 Å². The molecule has 1 aliphatic rings. The fourth-order valence-corrected chi connectivity index (χ4v) is 5.24. The van der Waals surface area contributed by atoms with Crippen LogP contribution >= 0.6 is 22.9 Å². The summed E-state index contributed by atoms with van der Waals surface area (Å²) < 4.78 is 2.67. The maximum absolute atomic E-state index is 6.19. The molecular weight excluding hydrogens is 603 g/mol. The molecule has 0 fully saturated rings. The Balaban J connectivity index is 0.000000882. The topological polar surface area (TPSA) is 0 Å². The first-order valence-electron chi connectivity index (χ1n) is 6.44. The molecule has 4 rings (SSSR count). The molecule has 116 valence electrons. The van der Waals surface area contributed by atoms with Gasteiger partial charge in [-0.15, -0.1) is 0 Å². The normalized spacial score (nSPS) is 15.1.